The van der Waals surface area contributed by atoms with Gasteiger partial charge in [-0.1, -0.05) is 36.2 Å². The van der Waals surface area contributed by atoms with Gasteiger partial charge in [-0.3, -0.25) is 0 Å². The molecule has 0 saturated heterocycles. The molecule has 0 aliphatic heterocycles. The Balaban J connectivity index is 1.83. The van der Waals surface area contributed by atoms with Gasteiger partial charge in [0.15, 0.2) is 10.9 Å². The molecule has 1 aromatic heterocycles. The summed E-state index contributed by atoms with van der Waals surface area (Å²) in [6.07, 6.45) is 8.05. The van der Waals surface area contributed by atoms with Crippen molar-refractivity contribution in [3.8, 4) is 11.4 Å². The van der Waals surface area contributed by atoms with Crippen molar-refractivity contribution in [2.24, 2.45) is 0 Å². The topological polar surface area (TPSA) is 27.1 Å². The summed E-state index contributed by atoms with van der Waals surface area (Å²) in [5.41, 5.74) is 2.14. The molecule has 0 atom stereocenters. The number of halogens is 1. The highest BCUT2D eigenvalue weighted by atomic mass is 35.5. The molecule has 1 aromatic carbocycles. The first-order valence-corrected chi connectivity index (χ1v) is 7.59. The summed E-state index contributed by atoms with van der Waals surface area (Å²) in [6.45, 7) is 2.05. The van der Waals surface area contributed by atoms with Crippen LogP contribution >= 0.6 is 11.6 Å². The van der Waals surface area contributed by atoms with Crippen molar-refractivity contribution < 1.29 is 4.74 Å². The van der Waals surface area contributed by atoms with Crippen molar-refractivity contribution in [3.63, 3.8) is 0 Å². The van der Waals surface area contributed by atoms with Crippen LogP contribution in [0, 0.1) is 6.92 Å². The maximum absolute atomic E-state index is 6.43. The van der Waals surface area contributed by atoms with Crippen molar-refractivity contribution in [3.05, 3.63) is 41.2 Å². The second kappa shape index (κ2) is 5.88. The van der Waals surface area contributed by atoms with Crippen LogP contribution in [0.15, 0.2) is 30.5 Å². The van der Waals surface area contributed by atoms with Gasteiger partial charge < -0.3 is 4.74 Å². The molecule has 1 saturated carbocycles. The van der Waals surface area contributed by atoms with Crippen molar-refractivity contribution in [2.75, 3.05) is 0 Å². The van der Waals surface area contributed by atoms with Crippen LogP contribution in [0.2, 0.25) is 5.15 Å². The smallest absolute Gasteiger partial charge is 0.177 e. The van der Waals surface area contributed by atoms with E-state index in [1.807, 2.05) is 18.2 Å². The lowest BCUT2D eigenvalue weighted by atomic mass is 9.98. The summed E-state index contributed by atoms with van der Waals surface area (Å²) < 4.78 is 7.76. The number of hydrogen-bond acceptors (Lipinski definition) is 2. The Bertz CT molecular complexity index is 588. The van der Waals surface area contributed by atoms with Crippen molar-refractivity contribution in [2.45, 2.75) is 45.1 Å². The Hall–Kier alpha value is -1.48. The zero-order valence-corrected chi connectivity index (χ0v) is 12.4. The van der Waals surface area contributed by atoms with Gasteiger partial charge in [-0.15, -0.1) is 0 Å². The highest BCUT2D eigenvalue weighted by Gasteiger charge is 2.19. The lowest BCUT2D eigenvalue weighted by Gasteiger charge is -2.22. The third-order valence-electron chi connectivity index (χ3n) is 3.87. The van der Waals surface area contributed by atoms with Crippen molar-refractivity contribution >= 4 is 11.6 Å². The van der Waals surface area contributed by atoms with Crippen LogP contribution in [0.4, 0.5) is 0 Å². The van der Waals surface area contributed by atoms with Crippen LogP contribution in [-0.2, 0) is 0 Å². The fourth-order valence-electron chi connectivity index (χ4n) is 2.73. The summed E-state index contributed by atoms with van der Waals surface area (Å²) in [4.78, 5) is 0. The van der Waals surface area contributed by atoms with Gasteiger partial charge in [-0.05, 0) is 44.2 Å². The van der Waals surface area contributed by atoms with E-state index >= 15 is 0 Å². The van der Waals surface area contributed by atoms with Gasteiger partial charge in [0.25, 0.3) is 0 Å². The second-order valence-electron chi connectivity index (χ2n) is 5.38. The maximum atomic E-state index is 6.43. The molecule has 0 amide bonds. The molecule has 0 N–H and O–H groups in total. The molecule has 0 bridgehead atoms. The molecule has 1 heterocycles. The number of aromatic nitrogens is 2. The van der Waals surface area contributed by atoms with Crippen LogP contribution in [0.25, 0.3) is 5.69 Å². The number of rotatable bonds is 3. The van der Waals surface area contributed by atoms with Crippen LogP contribution in [0.1, 0.15) is 37.7 Å². The highest BCUT2D eigenvalue weighted by Crippen LogP contribution is 2.31. The van der Waals surface area contributed by atoms with Gasteiger partial charge in [0.2, 0.25) is 0 Å². The van der Waals surface area contributed by atoms with E-state index < -0.39 is 0 Å². The normalized spacial score (nSPS) is 16.3. The minimum atomic E-state index is 0.288. The van der Waals surface area contributed by atoms with Gasteiger partial charge in [-0.25, -0.2) is 4.68 Å². The first kappa shape index (κ1) is 13.5. The van der Waals surface area contributed by atoms with Crippen molar-refractivity contribution in [1.29, 1.82) is 0 Å². The van der Waals surface area contributed by atoms with Gasteiger partial charge >= 0.3 is 0 Å². The molecule has 1 aliphatic carbocycles. The molecule has 20 heavy (non-hydrogen) atoms. The maximum Gasteiger partial charge on any atom is 0.177 e. The van der Waals surface area contributed by atoms with Crippen LogP contribution in [-0.4, -0.2) is 15.9 Å². The summed E-state index contributed by atoms with van der Waals surface area (Å²) in [7, 11) is 0. The quantitative estimate of drug-likeness (QED) is 0.829. The van der Waals surface area contributed by atoms with E-state index in [4.69, 9.17) is 16.3 Å². The zero-order valence-electron chi connectivity index (χ0n) is 11.7. The first-order chi connectivity index (χ1) is 9.75. The third kappa shape index (κ3) is 2.68. The number of nitrogens with zero attached hydrogens (tertiary/aromatic N) is 2. The first-order valence-electron chi connectivity index (χ1n) is 7.22. The van der Waals surface area contributed by atoms with Crippen LogP contribution in [0.3, 0.4) is 0 Å². The molecule has 1 fully saturated rings. The molecular formula is C16H19ClN2O. The van der Waals surface area contributed by atoms with E-state index in [1.54, 1.807) is 10.9 Å². The Morgan fingerprint density at radius 2 is 1.95 bits per heavy atom. The second-order valence-corrected chi connectivity index (χ2v) is 5.73. The molecular weight excluding hydrogens is 272 g/mol. The predicted molar refractivity (Wildman–Crippen MR) is 80.8 cm³/mol. The highest BCUT2D eigenvalue weighted by molar-refractivity contribution is 6.31. The molecule has 1 aliphatic rings. The van der Waals surface area contributed by atoms with E-state index in [0.29, 0.717) is 10.9 Å². The molecule has 0 spiro atoms. The van der Waals surface area contributed by atoms with Crippen LogP contribution in [0.5, 0.6) is 5.75 Å². The Morgan fingerprint density at radius 1 is 1.20 bits per heavy atom. The van der Waals surface area contributed by atoms with Crippen LogP contribution < -0.4 is 4.74 Å². The minimum absolute atomic E-state index is 0.288. The van der Waals surface area contributed by atoms with Gasteiger partial charge in [0.1, 0.15) is 0 Å². The largest absolute Gasteiger partial charge is 0.485 e. The fourth-order valence-corrected chi connectivity index (χ4v) is 2.96. The molecule has 4 heteroatoms. The summed E-state index contributed by atoms with van der Waals surface area (Å²) >= 11 is 6.43. The van der Waals surface area contributed by atoms with Gasteiger partial charge in [-0.2, -0.15) is 5.10 Å². The third-order valence-corrected chi connectivity index (χ3v) is 4.22. The van der Waals surface area contributed by atoms with Gasteiger partial charge in [0.05, 0.1) is 18.0 Å². The lowest BCUT2D eigenvalue weighted by molar-refractivity contribution is 0.155. The van der Waals surface area contributed by atoms with E-state index in [-0.39, 0.29) is 6.10 Å². The number of ether oxygens (including phenoxy) is 1. The summed E-state index contributed by atoms with van der Waals surface area (Å²) in [5, 5.41) is 4.93. The van der Waals surface area contributed by atoms with E-state index in [0.717, 1.165) is 24.1 Å². The zero-order chi connectivity index (χ0) is 13.9. The minimum Gasteiger partial charge on any atom is -0.485 e. The van der Waals surface area contributed by atoms with E-state index in [9.17, 15) is 0 Å². The lowest BCUT2D eigenvalue weighted by Crippen LogP contribution is -2.19. The molecule has 3 rings (SSSR count). The number of aryl methyl sites for hydroxylation is 1. The average Bonchev–Trinajstić information content (AvgIpc) is 2.82. The Labute approximate surface area is 124 Å². The Kier molecular flexibility index (Phi) is 3.97. The fraction of sp³-hybridized carbons (Fsp3) is 0.438. The molecule has 0 unspecified atom stereocenters. The average molecular weight is 291 g/mol. The molecule has 3 nitrogen and oxygen atoms in total. The monoisotopic (exact) mass is 290 g/mol. The van der Waals surface area contributed by atoms with Crippen molar-refractivity contribution in [1.82, 2.24) is 9.78 Å². The molecule has 2 aromatic rings. The Morgan fingerprint density at radius 3 is 2.70 bits per heavy atom. The number of benzene rings is 1. The molecule has 0 radical (unpaired) electrons. The number of hydrogen-bond donors (Lipinski definition) is 0. The molecule has 106 valence electrons. The SMILES string of the molecule is Cc1ccccc1-n1ncc(OC2CCCCC2)c1Cl. The summed E-state index contributed by atoms with van der Waals surface area (Å²) in [6, 6.07) is 8.06. The number of para-hydroxylation sites is 1. The standard InChI is InChI=1S/C16H19ClN2O/c1-12-7-5-6-10-14(12)19-16(17)15(11-18-19)20-13-8-3-2-4-9-13/h5-7,10-11,13H,2-4,8-9H2,1H3. The summed E-state index contributed by atoms with van der Waals surface area (Å²) in [5.74, 6) is 0.696. The van der Waals surface area contributed by atoms with E-state index in [2.05, 4.69) is 18.1 Å². The predicted octanol–water partition coefficient (Wildman–Crippen LogP) is 4.55. The van der Waals surface area contributed by atoms with Gasteiger partial charge in [0, 0.05) is 0 Å². The van der Waals surface area contributed by atoms with E-state index in [1.165, 1.54) is 19.3 Å².